The summed E-state index contributed by atoms with van der Waals surface area (Å²) in [6.07, 6.45) is 26.6. The molecule has 1 heterocycles. The van der Waals surface area contributed by atoms with E-state index in [0.29, 0.717) is 12.4 Å². The van der Waals surface area contributed by atoms with Crippen LogP contribution in [0, 0.1) is 5.82 Å². The van der Waals surface area contributed by atoms with E-state index in [1.807, 2.05) is 18.3 Å². The van der Waals surface area contributed by atoms with E-state index in [1.165, 1.54) is 108 Å². The molecule has 0 spiro atoms. The van der Waals surface area contributed by atoms with Gasteiger partial charge in [0.05, 0.1) is 12.3 Å². The first-order valence-corrected chi connectivity index (χ1v) is 15.1. The van der Waals surface area contributed by atoms with Crippen LogP contribution in [0.1, 0.15) is 135 Å². The zero-order chi connectivity index (χ0) is 25.7. The van der Waals surface area contributed by atoms with Gasteiger partial charge in [0.15, 0.2) is 11.6 Å². The molecule has 0 aliphatic carbocycles. The van der Waals surface area contributed by atoms with E-state index in [9.17, 15) is 4.39 Å². The number of aromatic nitrogens is 1. The predicted molar refractivity (Wildman–Crippen MR) is 153 cm³/mol. The molecule has 202 valence electrons. The van der Waals surface area contributed by atoms with Crippen LogP contribution in [-0.4, -0.2) is 11.6 Å². The fourth-order valence-corrected chi connectivity index (χ4v) is 4.75. The zero-order valence-corrected chi connectivity index (χ0v) is 23.3. The number of rotatable bonds is 22. The van der Waals surface area contributed by atoms with Gasteiger partial charge >= 0.3 is 0 Å². The van der Waals surface area contributed by atoms with Crippen LogP contribution < -0.4 is 4.74 Å². The van der Waals surface area contributed by atoms with Crippen LogP contribution in [0.3, 0.4) is 0 Å². The normalized spacial score (nSPS) is 11.2. The van der Waals surface area contributed by atoms with E-state index in [2.05, 4.69) is 24.9 Å². The fourth-order valence-electron chi connectivity index (χ4n) is 4.75. The summed E-state index contributed by atoms with van der Waals surface area (Å²) >= 11 is 0. The molecule has 0 fully saturated rings. The number of pyridine rings is 1. The molecule has 0 aliphatic heterocycles. The van der Waals surface area contributed by atoms with E-state index in [-0.39, 0.29) is 5.82 Å². The first kappa shape index (κ1) is 30.3. The minimum atomic E-state index is -0.301. The molecule has 0 radical (unpaired) electrons. The number of unbranched alkanes of at least 4 members (excludes halogenated alkanes) is 16. The van der Waals surface area contributed by atoms with E-state index in [1.54, 1.807) is 12.1 Å². The highest BCUT2D eigenvalue weighted by molar-refractivity contribution is 5.60. The topological polar surface area (TPSA) is 22.1 Å². The molecular formula is C33H52FNO. The van der Waals surface area contributed by atoms with Crippen molar-refractivity contribution >= 4 is 0 Å². The summed E-state index contributed by atoms with van der Waals surface area (Å²) in [6, 6.07) is 9.35. The van der Waals surface area contributed by atoms with E-state index >= 15 is 0 Å². The summed E-state index contributed by atoms with van der Waals surface area (Å²) in [6.45, 7) is 5.10. The van der Waals surface area contributed by atoms with Crippen LogP contribution in [0.25, 0.3) is 11.3 Å². The van der Waals surface area contributed by atoms with Crippen molar-refractivity contribution in [1.82, 2.24) is 4.98 Å². The largest absolute Gasteiger partial charge is 0.491 e. The molecule has 0 atom stereocenters. The van der Waals surface area contributed by atoms with Gasteiger partial charge in [-0.1, -0.05) is 123 Å². The molecular weight excluding hydrogens is 445 g/mol. The van der Waals surface area contributed by atoms with E-state index < -0.39 is 0 Å². The second-order valence-corrected chi connectivity index (χ2v) is 10.5. The van der Waals surface area contributed by atoms with Gasteiger partial charge in [0.2, 0.25) is 0 Å². The van der Waals surface area contributed by atoms with Gasteiger partial charge in [0.1, 0.15) is 0 Å². The van der Waals surface area contributed by atoms with Gasteiger partial charge < -0.3 is 4.74 Å². The van der Waals surface area contributed by atoms with Gasteiger partial charge in [-0.25, -0.2) is 4.39 Å². The van der Waals surface area contributed by atoms with Crippen LogP contribution in [-0.2, 0) is 6.42 Å². The standard InChI is InChI=1S/C33H52FNO/c1-3-5-7-9-11-12-13-14-15-16-18-20-26-36-33-25-23-30(27-31(33)34)32-24-22-29(28-35-32)21-19-17-10-8-6-4-2/h22-25,27-28H,3-21,26H2,1-2H3. The van der Waals surface area contributed by atoms with E-state index in [0.717, 1.165) is 30.5 Å². The summed E-state index contributed by atoms with van der Waals surface area (Å²) in [4.78, 5) is 4.58. The fraction of sp³-hybridized carbons (Fsp3) is 0.667. The number of benzene rings is 1. The first-order chi connectivity index (χ1) is 17.7. The van der Waals surface area contributed by atoms with Crippen LogP contribution in [0.2, 0.25) is 0 Å². The Morgan fingerprint density at radius 2 is 1.19 bits per heavy atom. The third-order valence-electron chi connectivity index (χ3n) is 7.13. The van der Waals surface area contributed by atoms with Crippen molar-refractivity contribution < 1.29 is 9.13 Å². The average Bonchev–Trinajstić information content (AvgIpc) is 2.90. The Morgan fingerprint density at radius 1 is 0.639 bits per heavy atom. The highest BCUT2D eigenvalue weighted by atomic mass is 19.1. The van der Waals surface area contributed by atoms with E-state index in [4.69, 9.17) is 4.74 Å². The van der Waals surface area contributed by atoms with Gasteiger partial charge in [-0.3, -0.25) is 4.98 Å². The van der Waals surface area contributed by atoms with Crippen molar-refractivity contribution in [3.05, 3.63) is 47.9 Å². The number of hydrogen-bond donors (Lipinski definition) is 0. The SMILES string of the molecule is CCCCCCCCCCCCCCOc1ccc(-c2ccc(CCCCCCCC)cn2)cc1F. The lowest BCUT2D eigenvalue weighted by Crippen LogP contribution is -1.99. The Bertz CT molecular complexity index is 789. The van der Waals surface area contributed by atoms with Gasteiger partial charge in [0, 0.05) is 11.8 Å². The van der Waals surface area contributed by atoms with Crippen molar-refractivity contribution in [3.63, 3.8) is 0 Å². The Hall–Kier alpha value is -1.90. The number of aryl methyl sites for hydroxylation is 1. The molecule has 0 amide bonds. The molecule has 2 rings (SSSR count). The summed E-state index contributed by atoms with van der Waals surface area (Å²) in [5.74, 6) is 0.0471. The molecule has 3 heteroatoms. The minimum absolute atomic E-state index is 0.301. The third kappa shape index (κ3) is 13.4. The number of hydrogen-bond acceptors (Lipinski definition) is 2. The van der Waals surface area contributed by atoms with Crippen LogP contribution in [0.15, 0.2) is 36.5 Å². The number of halogens is 1. The molecule has 0 saturated carbocycles. The molecule has 1 aromatic heterocycles. The molecule has 0 saturated heterocycles. The van der Waals surface area contributed by atoms with Crippen molar-refractivity contribution in [1.29, 1.82) is 0 Å². The quantitative estimate of drug-likeness (QED) is 0.151. The lowest BCUT2D eigenvalue weighted by atomic mass is 10.0. The molecule has 1 aromatic carbocycles. The molecule has 2 nitrogen and oxygen atoms in total. The lowest BCUT2D eigenvalue weighted by molar-refractivity contribution is 0.290. The van der Waals surface area contributed by atoms with Crippen LogP contribution in [0.5, 0.6) is 5.75 Å². The molecule has 0 unspecified atom stereocenters. The van der Waals surface area contributed by atoms with Gasteiger partial charge in [-0.15, -0.1) is 0 Å². The molecule has 0 aliphatic rings. The zero-order valence-electron chi connectivity index (χ0n) is 23.3. The second-order valence-electron chi connectivity index (χ2n) is 10.5. The molecule has 2 aromatic rings. The maximum absolute atomic E-state index is 14.6. The number of ether oxygens (including phenoxy) is 1. The third-order valence-corrected chi connectivity index (χ3v) is 7.13. The first-order valence-electron chi connectivity index (χ1n) is 15.1. The summed E-state index contributed by atoms with van der Waals surface area (Å²) in [5.41, 5.74) is 2.88. The minimum Gasteiger partial charge on any atom is -0.491 e. The molecule has 0 N–H and O–H groups in total. The maximum atomic E-state index is 14.6. The summed E-state index contributed by atoms with van der Waals surface area (Å²) in [5, 5.41) is 0. The monoisotopic (exact) mass is 497 g/mol. The van der Waals surface area contributed by atoms with Crippen molar-refractivity contribution in [3.8, 4) is 17.0 Å². The Labute approximate surface area is 221 Å². The number of nitrogens with zero attached hydrogens (tertiary/aromatic N) is 1. The van der Waals surface area contributed by atoms with Gasteiger partial charge in [0.25, 0.3) is 0 Å². The Kier molecular flexibility index (Phi) is 17.0. The van der Waals surface area contributed by atoms with Crippen LogP contribution >= 0.6 is 0 Å². The molecule has 0 bridgehead atoms. The van der Waals surface area contributed by atoms with Gasteiger partial charge in [-0.05, 0) is 49.1 Å². The van der Waals surface area contributed by atoms with Crippen molar-refractivity contribution in [2.75, 3.05) is 6.61 Å². The van der Waals surface area contributed by atoms with Crippen molar-refractivity contribution in [2.45, 2.75) is 136 Å². The second kappa shape index (κ2) is 20.2. The lowest BCUT2D eigenvalue weighted by Gasteiger charge is -2.09. The Morgan fingerprint density at radius 3 is 1.72 bits per heavy atom. The maximum Gasteiger partial charge on any atom is 0.165 e. The Balaban J connectivity index is 1.58. The summed E-state index contributed by atoms with van der Waals surface area (Å²) < 4.78 is 20.3. The average molecular weight is 498 g/mol. The molecule has 36 heavy (non-hydrogen) atoms. The summed E-state index contributed by atoms with van der Waals surface area (Å²) in [7, 11) is 0. The predicted octanol–water partition coefficient (Wildman–Crippen LogP) is 10.9. The van der Waals surface area contributed by atoms with Crippen molar-refractivity contribution in [2.24, 2.45) is 0 Å². The highest BCUT2D eigenvalue weighted by Crippen LogP contribution is 2.25. The van der Waals surface area contributed by atoms with Crippen LogP contribution in [0.4, 0.5) is 4.39 Å². The smallest absolute Gasteiger partial charge is 0.165 e. The van der Waals surface area contributed by atoms with Gasteiger partial charge in [-0.2, -0.15) is 0 Å². The highest BCUT2D eigenvalue weighted by Gasteiger charge is 2.08.